The summed E-state index contributed by atoms with van der Waals surface area (Å²) in [5, 5.41) is 15.8. The molecule has 7 heteroatoms. The van der Waals surface area contributed by atoms with Gasteiger partial charge in [0.2, 0.25) is 5.91 Å². The van der Waals surface area contributed by atoms with E-state index in [0.717, 1.165) is 68.7 Å². The first kappa shape index (κ1) is 24.2. The minimum absolute atomic E-state index is 0.0468. The zero-order valence-corrected chi connectivity index (χ0v) is 20.0. The topological polar surface area (TPSA) is 94.6 Å². The maximum atomic E-state index is 13.1. The second-order valence-electron chi connectivity index (χ2n) is 9.63. The van der Waals surface area contributed by atoms with Gasteiger partial charge in [0.25, 0.3) is 0 Å². The molecule has 0 saturated carbocycles. The number of likely N-dealkylation sites (tertiary alicyclic amines) is 1. The molecule has 0 unspecified atom stereocenters. The second-order valence-corrected chi connectivity index (χ2v) is 9.63. The predicted octanol–water partition coefficient (Wildman–Crippen LogP) is 3.81. The predicted molar refractivity (Wildman–Crippen MR) is 133 cm³/mol. The Morgan fingerprint density at radius 1 is 1.21 bits per heavy atom. The number of piperidine rings is 1. The first-order valence-electron chi connectivity index (χ1n) is 12.5. The Bertz CT molecular complexity index is 981. The standard InChI is InChI=1S/C27H36N4O3/c1-19-11-12-22(27(34)30-24(17-25(32)33)20-7-3-2-4-8-20)18-31(19)16-6-10-23-14-13-21-9-5-15-28-26(21)29-23/h2-4,7-8,13-14,19,22,24H,5-6,9-12,15-18H2,1H3,(H,28,29)(H,30,34)(H,32,33)/t19-,22+,24+/m1/s1. The lowest BCUT2D eigenvalue weighted by Crippen LogP contribution is -2.48. The van der Waals surface area contributed by atoms with Gasteiger partial charge in [-0.2, -0.15) is 0 Å². The number of amides is 1. The van der Waals surface area contributed by atoms with Gasteiger partial charge in [0.15, 0.2) is 0 Å². The minimum Gasteiger partial charge on any atom is -0.481 e. The number of anilines is 1. The third kappa shape index (κ3) is 6.35. The SMILES string of the molecule is C[C@@H]1CC[C@H](C(=O)N[C@@H](CC(=O)O)c2ccccc2)CN1CCCc1ccc2c(n1)NCCC2. The van der Waals surface area contributed by atoms with E-state index in [2.05, 4.69) is 34.6 Å². The summed E-state index contributed by atoms with van der Waals surface area (Å²) in [6.07, 6.45) is 5.86. The van der Waals surface area contributed by atoms with Crippen LogP contribution in [0.1, 0.15) is 61.9 Å². The number of fused-ring (bicyclic) bond motifs is 1. The Kier molecular flexibility index (Phi) is 8.16. The van der Waals surface area contributed by atoms with Crippen LogP contribution in [0.15, 0.2) is 42.5 Å². The quantitative estimate of drug-likeness (QED) is 0.523. The van der Waals surface area contributed by atoms with Gasteiger partial charge < -0.3 is 15.7 Å². The highest BCUT2D eigenvalue weighted by molar-refractivity contribution is 5.80. The van der Waals surface area contributed by atoms with Crippen molar-refractivity contribution < 1.29 is 14.7 Å². The highest BCUT2D eigenvalue weighted by Crippen LogP contribution is 2.25. The molecule has 182 valence electrons. The number of rotatable bonds is 9. The minimum atomic E-state index is -0.918. The molecule has 0 aliphatic carbocycles. The van der Waals surface area contributed by atoms with Crippen LogP contribution < -0.4 is 10.6 Å². The lowest BCUT2D eigenvalue weighted by atomic mass is 9.91. The van der Waals surface area contributed by atoms with Gasteiger partial charge in [-0.15, -0.1) is 0 Å². The third-order valence-electron chi connectivity index (χ3n) is 7.11. The molecule has 1 aromatic carbocycles. The van der Waals surface area contributed by atoms with E-state index in [-0.39, 0.29) is 18.2 Å². The number of hydrogen-bond acceptors (Lipinski definition) is 5. The highest BCUT2D eigenvalue weighted by Gasteiger charge is 2.31. The molecule has 1 aromatic heterocycles. The van der Waals surface area contributed by atoms with Gasteiger partial charge in [-0.3, -0.25) is 14.5 Å². The normalized spacial score (nSPS) is 21.2. The summed E-state index contributed by atoms with van der Waals surface area (Å²) in [5.74, 6) is -0.0445. The molecule has 3 atom stereocenters. The fourth-order valence-electron chi connectivity index (χ4n) is 5.08. The van der Waals surface area contributed by atoms with E-state index < -0.39 is 12.0 Å². The van der Waals surface area contributed by atoms with E-state index in [1.54, 1.807) is 0 Å². The Balaban J connectivity index is 1.31. The Labute approximate surface area is 202 Å². The molecular weight excluding hydrogens is 428 g/mol. The summed E-state index contributed by atoms with van der Waals surface area (Å²) in [7, 11) is 0. The monoisotopic (exact) mass is 464 g/mol. The summed E-state index contributed by atoms with van der Waals surface area (Å²) in [4.78, 5) is 31.7. The fourth-order valence-corrected chi connectivity index (χ4v) is 5.08. The maximum absolute atomic E-state index is 13.1. The summed E-state index contributed by atoms with van der Waals surface area (Å²) in [6, 6.07) is 13.6. The molecule has 34 heavy (non-hydrogen) atoms. The van der Waals surface area contributed by atoms with Crippen molar-refractivity contribution in [2.75, 3.05) is 25.0 Å². The number of aryl methyl sites for hydroxylation is 2. The van der Waals surface area contributed by atoms with Gasteiger partial charge in [0.05, 0.1) is 18.4 Å². The molecule has 1 saturated heterocycles. The molecule has 2 aliphatic rings. The number of nitrogens with zero attached hydrogens (tertiary/aromatic N) is 2. The Hall–Kier alpha value is -2.93. The molecule has 7 nitrogen and oxygen atoms in total. The van der Waals surface area contributed by atoms with Crippen LogP contribution in [0.4, 0.5) is 5.82 Å². The number of carboxylic acids is 1. The Morgan fingerprint density at radius 2 is 2.03 bits per heavy atom. The highest BCUT2D eigenvalue weighted by atomic mass is 16.4. The van der Waals surface area contributed by atoms with Gasteiger partial charge in [0, 0.05) is 24.8 Å². The van der Waals surface area contributed by atoms with Gasteiger partial charge in [-0.05, 0) is 69.2 Å². The largest absolute Gasteiger partial charge is 0.481 e. The van der Waals surface area contributed by atoms with E-state index in [1.165, 1.54) is 5.56 Å². The smallest absolute Gasteiger partial charge is 0.305 e. The van der Waals surface area contributed by atoms with Crippen molar-refractivity contribution in [1.82, 2.24) is 15.2 Å². The number of benzene rings is 1. The molecule has 3 heterocycles. The van der Waals surface area contributed by atoms with Crippen molar-refractivity contribution in [2.24, 2.45) is 5.92 Å². The van der Waals surface area contributed by atoms with Crippen LogP contribution in [0.25, 0.3) is 0 Å². The maximum Gasteiger partial charge on any atom is 0.305 e. The van der Waals surface area contributed by atoms with Crippen LogP contribution in [0.2, 0.25) is 0 Å². The first-order valence-corrected chi connectivity index (χ1v) is 12.5. The van der Waals surface area contributed by atoms with Crippen molar-refractivity contribution in [2.45, 2.75) is 64.0 Å². The number of carboxylic acid groups (broad SMARTS) is 1. The van der Waals surface area contributed by atoms with Crippen molar-refractivity contribution in [3.05, 3.63) is 59.3 Å². The first-order chi connectivity index (χ1) is 16.5. The molecule has 0 spiro atoms. The number of nitrogens with one attached hydrogen (secondary N) is 2. The molecule has 0 radical (unpaired) electrons. The Morgan fingerprint density at radius 3 is 2.82 bits per heavy atom. The summed E-state index contributed by atoms with van der Waals surface area (Å²) in [6.45, 7) is 4.86. The summed E-state index contributed by atoms with van der Waals surface area (Å²) < 4.78 is 0. The summed E-state index contributed by atoms with van der Waals surface area (Å²) >= 11 is 0. The van der Waals surface area contributed by atoms with Gasteiger partial charge >= 0.3 is 5.97 Å². The summed E-state index contributed by atoms with van der Waals surface area (Å²) in [5.41, 5.74) is 3.25. The number of hydrogen-bond donors (Lipinski definition) is 3. The van der Waals surface area contributed by atoms with Crippen LogP contribution >= 0.6 is 0 Å². The number of aliphatic carboxylic acids is 1. The van der Waals surface area contributed by atoms with E-state index in [4.69, 9.17) is 4.98 Å². The molecule has 1 amide bonds. The van der Waals surface area contributed by atoms with Gasteiger partial charge in [-0.1, -0.05) is 36.4 Å². The van der Waals surface area contributed by atoms with Crippen LogP contribution in [0, 0.1) is 5.92 Å². The van der Waals surface area contributed by atoms with Crippen LogP contribution in [0.5, 0.6) is 0 Å². The average molecular weight is 465 g/mol. The van der Waals surface area contributed by atoms with Crippen molar-refractivity contribution in [1.29, 1.82) is 0 Å². The average Bonchev–Trinajstić information content (AvgIpc) is 2.85. The molecule has 3 N–H and O–H groups in total. The number of carbonyl (C=O) groups is 2. The molecule has 0 bridgehead atoms. The van der Waals surface area contributed by atoms with Crippen LogP contribution in [-0.2, 0) is 22.4 Å². The van der Waals surface area contributed by atoms with Crippen LogP contribution in [-0.4, -0.2) is 52.5 Å². The molecular formula is C27H36N4O3. The zero-order chi connectivity index (χ0) is 23.9. The number of pyridine rings is 1. The van der Waals surface area contributed by atoms with Crippen molar-refractivity contribution in [3.8, 4) is 0 Å². The second kappa shape index (κ2) is 11.5. The molecule has 2 aliphatic heterocycles. The lowest BCUT2D eigenvalue weighted by Gasteiger charge is -2.38. The zero-order valence-electron chi connectivity index (χ0n) is 20.0. The van der Waals surface area contributed by atoms with Crippen molar-refractivity contribution in [3.63, 3.8) is 0 Å². The number of aromatic nitrogens is 1. The van der Waals surface area contributed by atoms with E-state index in [9.17, 15) is 14.7 Å². The molecule has 2 aromatic rings. The van der Waals surface area contributed by atoms with E-state index in [1.807, 2.05) is 30.3 Å². The van der Waals surface area contributed by atoms with Gasteiger partial charge in [0.1, 0.15) is 5.82 Å². The number of carbonyl (C=O) groups excluding carboxylic acids is 1. The lowest BCUT2D eigenvalue weighted by molar-refractivity contribution is -0.138. The molecule has 1 fully saturated rings. The van der Waals surface area contributed by atoms with Gasteiger partial charge in [-0.25, -0.2) is 4.98 Å². The van der Waals surface area contributed by atoms with Crippen LogP contribution in [0.3, 0.4) is 0 Å². The third-order valence-corrected chi connectivity index (χ3v) is 7.11. The fraction of sp³-hybridized carbons (Fsp3) is 0.519. The molecule has 4 rings (SSSR count). The van der Waals surface area contributed by atoms with E-state index >= 15 is 0 Å². The van der Waals surface area contributed by atoms with E-state index in [0.29, 0.717) is 12.6 Å². The van der Waals surface area contributed by atoms with Crippen molar-refractivity contribution >= 4 is 17.7 Å².